The van der Waals surface area contributed by atoms with Crippen molar-refractivity contribution in [2.45, 2.75) is 45.6 Å². The first-order valence-corrected chi connectivity index (χ1v) is 6.18. The SMILES string of the molecule is CCCCCCCOCCn1cc(N)cn1. The minimum Gasteiger partial charge on any atom is -0.396 e. The van der Waals surface area contributed by atoms with Gasteiger partial charge in [0.05, 0.1) is 25.0 Å². The van der Waals surface area contributed by atoms with Crippen LogP contribution in [0.1, 0.15) is 39.0 Å². The van der Waals surface area contributed by atoms with Gasteiger partial charge in [0.25, 0.3) is 0 Å². The number of aromatic nitrogens is 2. The quantitative estimate of drug-likeness (QED) is 0.657. The summed E-state index contributed by atoms with van der Waals surface area (Å²) in [6.07, 6.45) is 9.89. The van der Waals surface area contributed by atoms with Gasteiger partial charge in [-0.05, 0) is 6.42 Å². The molecule has 0 saturated carbocycles. The highest BCUT2D eigenvalue weighted by Crippen LogP contribution is 2.02. The zero-order valence-electron chi connectivity index (χ0n) is 10.2. The van der Waals surface area contributed by atoms with Crippen molar-refractivity contribution in [2.24, 2.45) is 0 Å². The molecule has 16 heavy (non-hydrogen) atoms. The molecular weight excluding hydrogens is 202 g/mol. The van der Waals surface area contributed by atoms with Gasteiger partial charge in [-0.3, -0.25) is 4.68 Å². The second kappa shape index (κ2) is 8.16. The van der Waals surface area contributed by atoms with Crippen LogP contribution < -0.4 is 5.73 Å². The highest BCUT2D eigenvalue weighted by Gasteiger charge is 1.94. The van der Waals surface area contributed by atoms with Crippen LogP contribution in [0.15, 0.2) is 12.4 Å². The molecule has 0 unspecified atom stereocenters. The van der Waals surface area contributed by atoms with E-state index in [-0.39, 0.29) is 0 Å². The normalized spacial score (nSPS) is 10.8. The van der Waals surface area contributed by atoms with Crippen molar-refractivity contribution in [2.75, 3.05) is 18.9 Å². The fraction of sp³-hybridized carbons (Fsp3) is 0.750. The number of hydrogen-bond donors (Lipinski definition) is 1. The van der Waals surface area contributed by atoms with Crippen LogP contribution in [0, 0.1) is 0 Å². The van der Waals surface area contributed by atoms with Crippen molar-refractivity contribution in [3.8, 4) is 0 Å². The van der Waals surface area contributed by atoms with Gasteiger partial charge in [-0.1, -0.05) is 32.6 Å². The fourth-order valence-electron chi connectivity index (χ4n) is 1.57. The lowest BCUT2D eigenvalue weighted by Gasteiger charge is -2.04. The number of ether oxygens (including phenoxy) is 1. The molecule has 0 fully saturated rings. The Morgan fingerprint density at radius 2 is 2.06 bits per heavy atom. The molecule has 0 aliphatic heterocycles. The molecule has 0 amide bonds. The van der Waals surface area contributed by atoms with Crippen LogP contribution in [0.5, 0.6) is 0 Å². The number of rotatable bonds is 9. The summed E-state index contributed by atoms with van der Waals surface area (Å²) >= 11 is 0. The van der Waals surface area contributed by atoms with E-state index in [1.54, 1.807) is 6.20 Å². The summed E-state index contributed by atoms with van der Waals surface area (Å²) in [5.74, 6) is 0. The summed E-state index contributed by atoms with van der Waals surface area (Å²) in [5, 5.41) is 4.09. The summed E-state index contributed by atoms with van der Waals surface area (Å²) in [6, 6.07) is 0. The van der Waals surface area contributed by atoms with Gasteiger partial charge in [0.1, 0.15) is 0 Å². The smallest absolute Gasteiger partial charge is 0.0719 e. The van der Waals surface area contributed by atoms with Gasteiger partial charge in [-0.25, -0.2) is 0 Å². The summed E-state index contributed by atoms with van der Waals surface area (Å²) in [6.45, 7) is 4.59. The van der Waals surface area contributed by atoms with Gasteiger partial charge in [0.15, 0.2) is 0 Å². The van der Waals surface area contributed by atoms with Crippen LogP contribution in [-0.2, 0) is 11.3 Å². The van der Waals surface area contributed by atoms with E-state index >= 15 is 0 Å². The van der Waals surface area contributed by atoms with Crippen LogP contribution in [0.4, 0.5) is 5.69 Å². The maximum atomic E-state index is 5.55. The second-order valence-corrected chi connectivity index (χ2v) is 4.06. The van der Waals surface area contributed by atoms with Crippen molar-refractivity contribution in [1.29, 1.82) is 0 Å². The fourth-order valence-corrected chi connectivity index (χ4v) is 1.57. The number of nitrogen functional groups attached to an aromatic ring is 1. The van der Waals surface area contributed by atoms with Gasteiger partial charge in [0.2, 0.25) is 0 Å². The third kappa shape index (κ3) is 5.75. The first-order chi connectivity index (χ1) is 7.83. The molecule has 0 radical (unpaired) electrons. The van der Waals surface area contributed by atoms with E-state index in [0.717, 1.165) is 19.8 Å². The first kappa shape index (κ1) is 13.0. The summed E-state index contributed by atoms with van der Waals surface area (Å²) in [7, 11) is 0. The summed E-state index contributed by atoms with van der Waals surface area (Å²) < 4.78 is 7.34. The molecular formula is C12H23N3O. The Morgan fingerprint density at radius 3 is 2.75 bits per heavy atom. The maximum Gasteiger partial charge on any atom is 0.0719 e. The molecule has 0 aliphatic carbocycles. The molecule has 1 aromatic heterocycles. The predicted molar refractivity (Wildman–Crippen MR) is 66.2 cm³/mol. The Labute approximate surface area is 97.8 Å². The van der Waals surface area contributed by atoms with Crippen LogP contribution >= 0.6 is 0 Å². The Kier molecular flexibility index (Phi) is 6.65. The van der Waals surface area contributed by atoms with Crippen LogP contribution in [0.3, 0.4) is 0 Å². The number of anilines is 1. The summed E-state index contributed by atoms with van der Waals surface area (Å²) in [4.78, 5) is 0. The lowest BCUT2D eigenvalue weighted by atomic mass is 10.2. The highest BCUT2D eigenvalue weighted by atomic mass is 16.5. The molecule has 4 heteroatoms. The molecule has 0 saturated heterocycles. The molecule has 1 rings (SSSR count). The molecule has 0 spiro atoms. The van der Waals surface area contributed by atoms with Crippen LogP contribution in [0.2, 0.25) is 0 Å². The van der Waals surface area contributed by atoms with Crippen molar-refractivity contribution < 1.29 is 4.74 Å². The van der Waals surface area contributed by atoms with E-state index in [4.69, 9.17) is 10.5 Å². The van der Waals surface area contributed by atoms with E-state index in [1.165, 1.54) is 32.1 Å². The van der Waals surface area contributed by atoms with Crippen molar-refractivity contribution in [3.63, 3.8) is 0 Å². The molecule has 0 aromatic carbocycles. The van der Waals surface area contributed by atoms with E-state index in [9.17, 15) is 0 Å². The van der Waals surface area contributed by atoms with Crippen LogP contribution in [0.25, 0.3) is 0 Å². The van der Waals surface area contributed by atoms with Crippen LogP contribution in [-0.4, -0.2) is 23.0 Å². The Balaban J connectivity index is 1.88. The first-order valence-electron chi connectivity index (χ1n) is 6.18. The third-order valence-corrected chi connectivity index (χ3v) is 2.51. The maximum absolute atomic E-state index is 5.55. The predicted octanol–water partition coefficient (Wildman–Crippen LogP) is 2.45. The minimum absolute atomic E-state index is 0.708. The van der Waals surface area contributed by atoms with Crippen molar-refractivity contribution in [1.82, 2.24) is 9.78 Å². The van der Waals surface area contributed by atoms with Crippen molar-refractivity contribution in [3.05, 3.63) is 12.4 Å². The third-order valence-electron chi connectivity index (χ3n) is 2.51. The Morgan fingerprint density at radius 1 is 1.25 bits per heavy atom. The van der Waals surface area contributed by atoms with Gasteiger partial charge in [-0.2, -0.15) is 5.10 Å². The van der Waals surface area contributed by atoms with E-state index in [0.29, 0.717) is 5.69 Å². The average molecular weight is 225 g/mol. The molecule has 4 nitrogen and oxygen atoms in total. The molecule has 0 atom stereocenters. The number of nitrogens with zero attached hydrogens (tertiary/aromatic N) is 2. The zero-order chi connectivity index (χ0) is 11.6. The zero-order valence-corrected chi connectivity index (χ0v) is 10.2. The number of hydrogen-bond acceptors (Lipinski definition) is 3. The molecule has 0 aliphatic rings. The molecule has 92 valence electrons. The molecule has 0 bridgehead atoms. The largest absolute Gasteiger partial charge is 0.396 e. The molecule has 2 N–H and O–H groups in total. The molecule has 1 aromatic rings. The average Bonchev–Trinajstić information content (AvgIpc) is 2.68. The second-order valence-electron chi connectivity index (χ2n) is 4.06. The highest BCUT2D eigenvalue weighted by molar-refractivity contribution is 5.30. The van der Waals surface area contributed by atoms with Gasteiger partial charge >= 0.3 is 0 Å². The monoisotopic (exact) mass is 225 g/mol. The Hall–Kier alpha value is -1.03. The number of nitrogens with two attached hydrogens (primary N) is 1. The topological polar surface area (TPSA) is 53.1 Å². The van der Waals surface area contributed by atoms with Gasteiger partial charge < -0.3 is 10.5 Å². The Bertz CT molecular complexity index is 273. The van der Waals surface area contributed by atoms with Crippen molar-refractivity contribution >= 4 is 5.69 Å². The van der Waals surface area contributed by atoms with Gasteiger partial charge in [-0.15, -0.1) is 0 Å². The summed E-state index contributed by atoms with van der Waals surface area (Å²) in [5.41, 5.74) is 6.26. The van der Waals surface area contributed by atoms with E-state index < -0.39 is 0 Å². The minimum atomic E-state index is 0.708. The van der Waals surface area contributed by atoms with Gasteiger partial charge in [0, 0.05) is 12.8 Å². The number of unbranched alkanes of at least 4 members (excludes halogenated alkanes) is 4. The standard InChI is InChI=1S/C12H23N3O/c1-2-3-4-5-6-8-16-9-7-15-11-12(13)10-14-15/h10-11H,2-9,13H2,1H3. The van der Waals surface area contributed by atoms with E-state index in [1.807, 2.05) is 10.9 Å². The lowest BCUT2D eigenvalue weighted by molar-refractivity contribution is 0.120. The molecule has 1 heterocycles. The lowest BCUT2D eigenvalue weighted by Crippen LogP contribution is -2.07. The van der Waals surface area contributed by atoms with E-state index in [2.05, 4.69) is 12.0 Å².